The third-order valence-electron chi connectivity index (χ3n) is 6.15. The monoisotopic (exact) mass is 576 g/mol. The lowest BCUT2D eigenvalue weighted by Gasteiger charge is -2.36. The van der Waals surface area contributed by atoms with Gasteiger partial charge in [-0.25, -0.2) is 9.59 Å². The summed E-state index contributed by atoms with van der Waals surface area (Å²) in [5.41, 5.74) is 7.49. The van der Waals surface area contributed by atoms with E-state index < -0.39 is 23.8 Å². The zero-order chi connectivity index (χ0) is 29.0. The molecule has 1 amide bonds. The molecule has 1 aliphatic heterocycles. The van der Waals surface area contributed by atoms with Crippen LogP contribution in [0.2, 0.25) is 10.0 Å². The molecule has 0 saturated carbocycles. The van der Waals surface area contributed by atoms with E-state index in [-0.39, 0.29) is 38.9 Å². The maximum Gasteiger partial charge on any atom is 0.355 e. The van der Waals surface area contributed by atoms with Crippen molar-refractivity contribution in [2.45, 2.75) is 5.92 Å². The second-order valence-corrected chi connectivity index (χ2v) is 9.31. The van der Waals surface area contributed by atoms with Gasteiger partial charge >= 0.3 is 11.9 Å². The molecule has 3 aromatic carbocycles. The number of nitriles is 1. The molecular weight excluding hydrogens is 555 g/mol. The number of carbonyl (C=O) groups is 3. The fourth-order valence-electron chi connectivity index (χ4n) is 4.38. The third-order valence-corrected chi connectivity index (χ3v) is 6.70. The molecule has 11 heteroatoms. The summed E-state index contributed by atoms with van der Waals surface area (Å²) >= 11 is 12.1. The van der Waals surface area contributed by atoms with Gasteiger partial charge in [-0.1, -0.05) is 59.6 Å². The number of halogens is 2. The first kappa shape index (κ1) is 28.2. The van der Waals surface area contributed by atoms with Crippen molar-refractivity contribution in [1.82, 2.24) is 0 Å². The number of allylic oxidation sites excluding steroid dienone is 1. The number of ether oxygens (including phenoxy) is 2. The Morgan fingerprint density at radius 2 is 1.65 bits per heavy atom. The van der Waals surface area contributed by atoms with Crippen molar-refractivity contribution in [2.24, 2.45) is 5.73 Å². The van der Waals surface area contributed by atoms with E-state index in [0.717, 1.165) is 7.11 Å². The molecule has 0 aromatic heterocycles. The standard InChI is InChI=1S/C29H22Cl2N4O5/c1-39-28(37)24-23(16-7-4-3-5-8-16)21(15-32)26(33)35(25(24)29(38)40-2)19-10-6-9-18(14-19)34-27(36)20-12-11-17(30)13-22(20)31/h3-14,23H,33H2,1-2H3,(H,34,36). The molecule has 1 aliphatic rings. The Hall–Kier alpha value is -4.78. The summed E-state index contributed by atoms with van der Waals surface area (Å²) in [5.74, 6) is -3.35. The molecule has 1 unspecified atom stereocenters. The minimum absolute atomic E-state index is 0.0154. The lowest BCUT2D eigenvalue weighted by Crippen LogP contribution is -2.40. The number of nitrogens with two attached hydrogens (primary N) is 1. The van der Waals surface area contributed by atoms with E-state index in [1.165, 1.54) is 36.3 Å². The van der Waals surface area contributed by atoms with E-state index in [1.807, 2.05) is 0 Å². The van der Waals surface area contributed by atoms with Crippen LogP contribution >= 0.6 is 23.2 Å². The second kappa shape index (κ2) is 11.9. The second-order valence-electron chi connectivity index (χ2n) is 8.46. The van der Waals surface area contributed by atoms with Gasteiger partial charge in [-0.2, -0.15) is 5.26 Å². The average molecular weight is 577 g/mol. The van der Waals surface area contributed by atoms with Gasteiger partial charge in [0, 0.05) is 16.4 Å². The Bertz CT molecular complexity index is 1610. The van der Waals surface area contributed by atoms with Crippen LogP contribution in [0.5, 0.6) is 0 Å². The molecule has 202 valence electrons. The molecule has 3 aromatic rings. The fraction of sp³-hybridized carbons (Fsp3) is 0.103. The van der Waals surface area contributed by atoms with Gasteiger partial charge in [0.15, 0.2) is 0 Å². The van der Waals surface area contributed by atoms with Crippen molar-refractivity contribution in [3.05, 3.63) is 117 Å². The van der Waals surface area contributed by atoms with Gasteiger partial charge in [-0.3, -0.25) is 9.69 Å². The lowest BCUT2D eigenvalue weighted by molar-refractivity contribution is -0.139. The molecular formula is C29H22Cl2N4O5. The summed E-state index contributed by atoms with van der Waals surface area (Å²) in [7, 11) is 2.33. The van der Waals surface area contributed by atoms with Crippen LogP contribution in [0.4, 0.5) is 11.4 Å². The summed E-state index contributed by atoms with van der Waals surface area (Å²) in [6, 6.07) is 21.5. The van der Waals surface area contributed by atoms with Gasteiger partial charge in [-0.05, 0) is 42.0 Å². The van der Waals surface area contributed by atoms with Crippen molar-refractivity contribution in [1.29, 1.82) is 5.26 Å². The van der Waals surface area contributed by atoms with E-state index in [2.05, 4.69) is 11.4 Å². The van der Waals surface area contributed by atoms with E-state index in [0.29, 0.717) is 16.3 Å². The van der Waals surface area contributed by atoms with Gasteiger partial charge < -0.3 is 20.5 Å². The summed E-state index contributed by atoms with van der Waals surface area (Å²) in [6.45, 7) is 0. The average Bonchev–Trinajstić information content (AvgIpc) is 2.96. The minimum Gasteiger partial charge on any atom is -0.466 e. The van der Waals surface area contributed by atoms with Crippen molar-refractivity contribution in [3.63, 3.8) is 0 Å². The van der Waals surface area contributed by atoms with Crippen molar-refractivity contribution in [2.75, 3.05) is 24.4 Å². The number of hydrogen-bond acceptors (Lipinski definition) is 8. The normalized spacial score (nSPS) is 14.9. The van der Waals surface area contributed by atoms with Crippen LogP contribution in [0.3, 0.4) is 0 Å². The number of hydrogen-bond donors (Lipinski definition) is 2. The molecule has 9 nitrogen and oxygen atoms in total. The Morgan fingerprint density at radius 3 is 2.27 bits per heavy atom. The van der Waals surface area contributed by atoms with Gasteiger partial charge in [-0.15, -0.1) is 0 Å². The molecule has 4 rings (SSSR count). The molecule has 0 bridgehead atoms. The number of amides is 1. The first-order valence-corrected chi connectivity index (χ1v) is 12.5. The number of nitrogens with zero attached hydrogens (tertiary/aromatic N) is 2. The summed E-state index contributed by atoms with van der Waals surface area (Å²) in [4.78, 5) is 40.6. The minimum atomic E-state index is -1.00. The Balaban J connectivity index is 1.88. The molecule has 3 N–H and O–H groups in total. The molecule has 0 fully saturated rings. The lowest BCUT2D eigenvalue weighted by atomic mass is 9.81. The highest BCUT2D eigenvalue weighted by Gasteiger charge is 2.43. The van der Waals surface area contributed by atoms with Crippen LogP contribution in [0.15, 0.2) is 95.5 Å². The Labute approximate surface area is 240 Å². The van der Waals surface area contributed by atoms with Crippen molar-refractivity contribution in [3.8, 4) is 6.07 Å². The highest BCUT2D eigenvalue weighted by atomic mass is 35.5. The third kappa shape index (κ3) is 5.36. The zero-order valence-electron chi connectivity index (χ0n) is 21.3. The van der Waals surface area contributed by atoms with Crippen LogP contribution in [0.25, 0.3) is 0 Å². The van der Waals surface area contributed by atoms with Crippen LogP contribution in [0.1, 0.15) is 21.8 Å². The fourth-order valence-corrected chi connectivity index (χ4v) is 4.87. The zero-order valence-corrected chi connectivity index (χ0v) is 22.8. The first-order chi connectivity index (χ1) is 19.2. The number of methoxy groups -OCH3 is 2. The van der Waals surface area contributed by atoms with Gasteiger partial charge in [0.05, 0.1) is 47.9 Å². The van der Waals surface area contributed by atoms with Gasteiger partial charge in [0.1, 0.15) is 11.5 Å². The van der Waals surface area contributed by atoms with Crippen LogP contribution in [0, 0.1) is 11.3 Å². The van der Waals surface area contributed by atoms with Crippen molar-refractivity contribution < 1.29 is 23.9 Å². The number of esters is 2. The van der Waals surface area contributed by atoms with E-state index in [4.69, 9.17) is 38.4 Å². The highest BCUT2D eigenvalue weighted by molar-refractivity contribution is 6.37. The smallest absolute Gasteiger partial charge is 0.355 e. The number of anilines is 2. The largest absolute Gasteiger partial charge is 0.466 e. The predicted molar refractivity (Wildman–Crippen MR) is 150 cm³/mol. The van der Waals surface area contributed by atoms with E-state index >= 15 is 0 Å². The summed E-state index contributed by atoms with van der Waals surface area (Å²) < 4.78 is 10.1. The topological polar surface area (TPSA) is 135 Å². The van der Waals surface area contributed by atoms with Gasteiger partial charge in [0.2, 0.25) is 0 Å². The molecule has 0 spiro atoms. The Kier molecular flexibility index (Phi) is 8.43. The van der Waals surface area contributed by atoms with Crippen LogP contribution in [-0.2, 0) is 19.1 Å². The first-order valence-electron chi connectivity index (χ1n) is 11.7. The summed E-state index contributed by atoms with van der Waals surface area (Å²) in [6.07, 6.45) is 0. The Morgan fingerprint density at radius 1 is 0.950 bits per heavy atom. The van der Waals surface area contributed by atoms with Gasteiger partial charge in [0.25, 0.3) is 5.91 Å². The quantitative estimate of drug-likeness (QED) is 0.385. The molecule has 1 atom stereocenters. The van der Waals surface area contributed by atoms with E-state index in [9.17, 15) is 19.6 Å². The maximum absolute atomic E-state index is 13.2. The molecule has 0 saturated heterocycles. The number of nitrogens with one attached hydrogen (secondary N) is 1. The number of carbonyl (C=O) groups excluding carboxylic acids is 3. The molecule has 1 heterocycles. The SMILES string of the molecule is COC(=O)C1=C(C(=O)OC)N(c2cccc(NC(=O)c3ccc(Cl)cc3Cl)c2)C(N)=C(C#N)C1c1ccccc1. The number of rotatable bonds is 6. The molecule has 0 aliphatic carbocycles. The van der Waals surface area contributed by atoms with Crippen molar-refractivity contribution >= 4 is 52.4 Å². The predicted octanol–water partition coefficient (Wildman–Crippen LogP) is 5.14. The van der Waals surface area contributed by atoms with Crippen LogP contribution in [-0.4, -0.2) is 32.1 Å². The van der Waals surface area contributed by atoms with E-state index in [1.54, 1.807) is 48.5 Å². The molecule has 40 heavy (non-hydrogen) atoms. The van der Waals surface area contributed by atoms with Crippen LogP contribution < -0.4 is 16.0 Å². The highest BCUT2D eigenvalue weighted by Crippen LogP contribution is 2.43. The number of benzene rings is 3. The molecule has 0 radical (unpaired) electrons. The maximum atomic E-state index is 13.2. The summed E-state index contributed by atoms with van der Waals surface area (Å²) in [5, 5.41) is 13.4.